The zero-order valence-electron chi connectivity index (χ0n) is 14.6. The Balaban J connectivity index is 1.91. The van der Waals surface area contributed by atoms with Crippen molar-refractivity contribution >= 4 is 28.6 Å². The van der Waals surface area contributed by atoms with Gasteiger partial charge in [-0.05, 0) is 35.9 Å². The highest BCUT2D eigenvalue weighted by atomic mass is 35.5. The fourth-order valence-electron chi connectivity index (χ4n) is 3.04. The SMILES string of the molecule is COc1ccccc1-c1[nH]nc2ncc(-c3cc(Cl)c(O)c(C(=O)O)c3)cc12. The molecule has 0 saturated heterocycles. The third-order valence-electron chi connectivity index (χ3n) is 4.41. The van der Waals surface area contributed by atoms with E-state index in [1.807, 2.05) is 30.3 Å². The number of carboxylic acids is 1. The number of fused-ring (bicyclic) bond motifs is 1. The van der Waals surface area contributed by atoms with Crippen molar-refractivity contribution in [3.8, 4) is 33.9 Å². The van der Waals surface area contributed by atoms with Crippen molar-refractivity contribution in [1.82, 2.24) is 15.2 Å². The summed E-state index contributed by atoms with van der Waals surface area (Å²) in [6.07, 6.45) is 1.57. The van der Waals surface area contributed by atoms with E-state index in [1.54, 1.807) is 13.3 Å². The number of hydrogen-bond donors (Lipinski definition) is 3. The van der Waals surface area contributed by atoms with Gasteiger partial charge >= 0.3 is 5.97 Å². The zero-order valence-corrected chi connectivity index (χ0v) is 15.4. The van der Waals surface area contributed by atoms with Crippen LogP contribution in [0, 0.1) is 0 Å². The Morgan fingerprint density at radius 1 is 1.18 bits per heavy atom. The van der Waals surface area contributed by atoms with Gasteiger partial charge in [0.2, 0.25) is 0 Å². The predicted molar refractivity (Wildman–Crippen MR) is 105 cm³/mol. The molecule has 0 radical (unpaired) electrons. The third kappa shape index (κ3) is 2.91. The van der Waals surface area contributed by atoms with Gasteiger partial charge in [0.05, 0.1) is 17.8 Å². The van der Waals surface area contributed by atoms with Gasteiger partial charge in [-0.1, -0.05) is 23.7 Å². The van der Waals surface area contributed by atoms with Crippen LogP contribution in [-0.2, 0) is 0 Å². The molecule has 7 nitrogen and oxygen atoms in total. The van der Waals surface area contributed by atoms with Gasteiger partial charge in [0, 0.05) is 22.7 Å². The minimum Gasteiger partial charge on any atom is -0.505 e. The minimum atomic E-state index is -1.27. The molecule has 0 saturated carbocycles. The van der Waals surface area contributed by atoms with Gasteiger partial charge in [0.15, 0.2) is 5.65 Å². The second kappa shape index (κ2) is 6.86. The molecule has 2 aromatic heterocycles. The van der Waals surface area contributed by atoms with Gasteiger partial charge in [-0.25, -0.2) is 9.78 Å². The number of nitrogens with one attached hydrogen (secondary N) is 1. The maximum absolute atomic E-state index is 11.4. The number of aromatic carboxylic acids is 1. The van der Waals surface area contributed by atoms with Crippen molar-refractivity contribution in [2.45, 2.75) is 0 Å². The molecule has 4 rings (SSSR count). The fraction of sp³-hybridized carbons (Fsp3) is 0.0500. The van der Waals surface area contributed by atoms with Crippen LogP contribution in [-0.4, -0.2) is 38.5 Å². The lowest BCUT2D eigenvalue weighted by molar-refractivity contribution is 0.0694. The van der Waals surface area contributed by atoms with Crippen LogP contribution in [0.5, 0.6) is 11.5 Å². The van der Waals surface area contributed by atoms with E-state index in [2.05, 4.69) is 15.2 Å². The van der Waals surface area contributed by atoms with Crippen LogP contribution >= 0.6 is 11.6 Å². The van der Waals surface area contributed by atoms with Gasteiger partial charge in [-0.2, -0.15) is 5.10 Å². The first-order valence-electron chi connectivity index (χ1n) is 8.23. The number of rotatable bonds is 4. The highest BCUT2D eigenvalue weighted by molar-refractivity contribution is 6.33. The maximum atomic E-state index is 11.4. The van der Waals surface area contributed by atoms with Crippen LogP contribution in [0.15, 0.2) is 48.7 Å². The molecule has 2 aromatic carbocycles. The van der Waals surface area contributed by atoms with Crippen LogP contribution in [0.2, 0.25) is 5.02 Å². The average Bonchev–Trinajstić information content (AvgIpc) is 3.12. The lowest BCUT2D eigenvalue weighted by Crippen LogP contribution is -1.98. The van der Waals surface area contributed by atoms with E-state index in [9.17, 15) is 15.0 Å². The fourth-order valence-corrected chi connectivity index (χ4v) is 3.26. The summed E-state index contributed by atoms with van der Waals surface area (Å²) in [5.74, 6) is -1.06. The van der Waals surface area contributed by atoms with Gasteiger partial charge in [0.1, 0.15) is 17.1 Å². The van der Waals surface area contributed by atoms with Crippen LogP contribution < -0.4 is 4.74 Å². The Hall–Kier alpha value is -3.58. The number of nitrogens with zero attached hydrogens (tertiary/aromatic N) is 2. The molecule has 0 aliphatic rings. The summed E-state index contributed by atoms with van der Waals surface area (Å²) < 4.78 is 5.43. The molecule has 140 valence electrons. The first kappa shape index (κ1) is 17.8. The third-order valence-corrected chi connectivity index (χ3v) is 4.70. The van der Waals surface area contributed by atoms with Crippen LogP contribution in [0.1, 0.15) is 10.4 Å². The molecule has 0 amide bonds. The van der Waals surface area contributed by atoms with Crippen molar-refractivity contribution in [3.63, 3.8) is 0 Å². The molecule has 0 fully saturated rings. The van der Waals surface area contributed by atoms with Gasteiger partial charge in [-0.3, -0.25) is 5.10 Å². The molecule has 2 heterocycles. The number of methoxy groups -OCH3 is 1. The standard InChI is InChI=1S/C20H14ClN3O4/c1-28-16-5-3-2-4-12(16)17-13-7-11(9-22-19(13)24-23-17)10-6-14(20(26)27)18(25)15(21)8-10/h2-9,25H,1H3,(H,26,27)(H,22,23,24). The molecule has 0 aliphatic heterocycles. The lowest BCUT2D eigenvalue weighted by Gasteiger charge is -2.08. The largest absolute Gasteiger partial charge is 0.505 e. The van der Waals surface area contributed by atoms with Crippen molar-refractivity contribution in [3.05, 3.63) is 59.2 Å². The predicted octanol–water partition coefficient (Wildman–Crippen LogP) is 4.36. The first-order chi connectivity index (χ1) is 13.5. The number of carbonyl (C=O) groups is 1. The Labute approximate surface area is 164 Å². The number of halogens is 1. The van der Waals surface area contributed by atoms with Crippen LogP contribution in [0.3, 0.4) is 0 Å². The number of hydrogen-bond acceptors (Lipinski definition) is 5. The van der Waals surface area contributed by atoms with E-state index in [4.69, 9.17) is 16.3 Å². The van der Waals surface area contributed by atoms with Crippen LogP contribution in [0.25, 0.3) is 33.4 Å². The molecule has 3 N–H and O–H groups in total. The minimum absolute atomic E-state index is 0.0489. The Kier molecular flexibility index (Phi) is 4.37. The molecular weight excluding hydrogens is 382 g/mol. The Morgan fingerprint density at radius 3 is 2.71 bits per heavy atom. The molecule has 4 aromatic rings. The Bertz CT molecular complexity index is 1220. The molecule has 28 heavy (non-hydrogen) atoms. The maximum Gasteiger partial charge on any atom is 0.339 e. The molecule has 8 heteroatoms. The van der Waals surface area contributed by atoms with Crippen molar-refractivity contribution < 1.29 is 19.7 Å². The number of aromatic amines is 1. The molecule has 0 spiro atoms. The highest BCUT2D eigenvalue weighted by Gasteiger charge is 2.17. The number of benzene rings is 2. The van der Waals surface area contributed by atoms with Crippen molar-refractivity contribution in [2.24, 2.45) is 0 Å². The highest BCUT2D eigenvalue weighted by Crippen LogP contribution is 2.37. The smallest absolute Gasteiger partial charge is 0.339 e. The average molecular weight is 396 g/mol. The normalized spacial score (nSPS) is 10.9. The summed E-state index contributed by atoms with van der Waals surface area (Å²) in [6.45, 7) is 0. The zero-order chi connectivity index (χ0) is 19.8. The summed E-state index contributed by atoms with van der Waals surface area (Å²) in [4.78, 5) is 15.7. The van der Waals surface area contributed by atoms with E-state index in [0.29, 0.717) is 22.5 Å². The Morgan fingerprint density at radius 2 is 1.96 bits per heavy atom. The summed E-state index contributed by atoms with van der Waals surface area (Å²) in [7, 11) is 1.59. The first-order valence-corrected chi connectivity index (χ1v) is 8.61. The summed E-state index contributed by atoms with van der Waals surface area (Å²) in [5.41, 5.74) is 2.93. The molecule has 0 unspecified atom stereocenters. The summed E-state index contributed by atoms with van der Waals surface area (Å²) in [6, 6.07) is 12.2. The molecule has 0 atom stereocenters. The van der Waals surface area contributed by atoms with Crippen LogP contribution in [0.4, 0.5) is 0 Å². The van der Waals surface area contributed by atoms with E-state index in [1.165, 1.54) is 12.1 Å². The summed E-state index contributed by atoms with van der Waals surface area (Å²) in [5, 5.41) is 27.1. The molecule has 0 bridgehead atoms. The lowest BCUT2D eigenvalue weighted by atomic mass is 10.0. The number of phenols is 1. The molecule has 0 aliphatic carbocycles. The van der Waals surface area contributed by atoms with E-state index in [0.717, 1.165) is 16.6 Å². The number of aromatic nitrogens is 3. The number of pyridine rings is 1. The quantitative estimate of drug-likeness (QED) is 0.474. The number of H-pyrrole nitrogens is 1. The second-order valence-corrected chi connectivity index (χ2v) is 6.46. The van der Waals surface area contributed by atoms with E-state index >= 15 is 0 Å². The van der Waals surface area contributed by atoms with E-state index < -0.39 is 11.7 Å². The summed E-state index contributed by atoms with van der Waals surface area (Å²) >= 11 is 6.01. The monoisotopic (exact) mass is 395 g/mol. The van der Waals surface area contributed by atoms with Gasteiger partial charge in [0.25, 0.3) is 0 Å². The van der Waals surface area contributed by atoms with Gasteiger partial charge < -0.3 is 14.9 Å². The van der Waals surface area contributed by atoms with Crippen molar-refractivity contribution in [1.29, 1.82) is 0 Å². The number of ether oxygens (including phenoxy) is 1. The topological polar surface area (TPSA) is 108 Å². The van der Waals surface area contributed by atoms with Gasteiger partial charge in [-0.15, -0.1) is 0 Å². The van der Waals surface area contributed by atoms with E-state index in [-0.39, 0.29) is 10.6 Å². The number of carboxylic acid groups (broad SMARTS) is 1. The number of para-hydroxylation sites is 1. The molecular formula is C20H14ClN3O4. The van der Waals surface area contributed by atoms with Crippen molar-refractivity contribution in [2.75, 3.05) is 7.11 Å². The second-order valence-electron chi connectivity index (χ2n) is 6.05. The number of aromatic hydroxyl groups is 1.